The SMILES string of the molecule is CCc1cccc(CNC[C@H](O)[C@@H](Cc2cc(F)cc(F)c2)NC(=O)c2cc(-c3cccs3)nn2CC)c1. The lowest BCUT2D eigenvalue weighted by Crippen LogP contribution is -2.49. The molecule has 1 amide bonds. The van der Waals surface area contributed by atoms with Crippen LogP contribution in [-0.4, -0.2) is 39.5 Å². The van der Waals surface area contributed by atoms with Crippen molar-refractivity contribution in [1.29, 1.82) is 0 Å². The highest BCUT2D eigenvalue weighted by atomic mass is 32.1. The zero-order valence-electron chi connectivity index (χ0n) is 21.5. The van der Waals surface area contributed by atoms with E-state index in [1.165, 1.54) is 29.0 Å². The number of thiophene rings is 1. The molecule has 2 aromatic carbocycles. The summed E-state index contributed by atoms with van der Waals surface area (Å²) in [7, 11) is 0. The van der Waals surface area contributed by atoms with Gasteiger partial charge in [-0.1, -0.05) is 37.3 Å². The van der Waals surface area contributed by atoms with Crippen LogP contribution in [0.15, 0.2) is 66.0 Å². The van der Waals surface area contributed by atoms with E-state index in [0.29, 0.717) is 30.0 Å². The largest absolute Gasteiger partial charge is 0.390 e. The average Bonchev–Trinajstić information content (AvgIpc) is 3.58. The fourth-order valence-corrected chi connectivity index (χ4v) is 5.04. The molecule has 4 rings (SSSR count). The molecule has 0 aliphatic rings. The van der Waals surface area contributed by atoms with Crippen LogP contribution in [-0.2, 0) is 25.9 Å². The molecule has 0 radical (unpaired) electrons. The molecule has 0 bridgehead atoms. The molecule has 0 unspecified atom stereocenters. The van der Waals surface area contributed by atoms with E-state index >= 15 is 0 Å². The Bertz CT molecular complexity index is 1340. The van der Waals surface area contributed by atoms with E-state index < -0.39 is 29.7 Å². The molecule has 0 spiro atoms. The Balaban J connectivity index is 1.51. The summed E-state index contributed by atoms with van der Waals surface area (Å²) in [6.07, 6.45) is -0.0429. The van der Waals surface area contributed by atoms with Crippen LogP contribution in [0.5, 0.6) is 0 Å². The number of aryl methyl sites for hydroxylation is 2. The molecule has 38 heavy (non-hydrogen) atoms. The maximum Gasteiger partial charge on any atom is 0.269 e. The first-order chi connectivity index (χ1) is 18.4. The molecular formula is C29H32F2N4O2S. The predicted molar refractivity (Wildman–Crippen MR) is 146 cm³/mol. The van der Waals surface area contributed by atoms with E-state index in [2.05, 4.69) is 34.8 Å². The van der Waals surface area contributed by atoms with Crippen molar-refractivity contribution in [2.45, 2.75) is 51.9 Å². The lowest BCUT2D eigenvalue weighted by atomic mass is 10.00. The Morgan fingerprint density at radius 3 is 2.47 bits per heavy atom. The second-order valence-corrected chi connectivity index (χ2v) is 10.1. The Labute approximate surface area is 225 Å². The molecule has 9 heteroatoms. The average molecular weight is 539 g/mol. The van der Waals surface area contributed by atoms with Crippen molar-refractivity contribution < 1.29 is 18.7 Å². The van der Waals surface area contributed by atoms with Gasteiger partial charge in [0.15, 0.2) is 0 Å². The molecule has 6 nitrogen and oxygen atoms in total. The predicted octanol–water partition coefficient (Wildman–Crippen LogP) is 4.96. The Kier molecular flexibility index (Phi) is 9.38. The summed E-state index contributed by atoms with van der Waals surface area (Å²) in [5, 5.41) is 23.7. The second-order valence-electron chi connectivity index (χ2n) is 9.14. The van der Waals surface area contributed by atoms with Gasteiger partial charge in [0, 0.05) is 25.7 Å². The van der Waals surface area contributed by atoms with Gasteiger partial charge in [-0.25, -0.2) is 8.78 Å². The standard InChI is InChI=1S/C29H32F2N4O2S/c1-3-19-7-5-8-20(11-19)17-32-18-27(36)24(14-21-12-22(30)15-23(31)13-21)33-29(37)26-16-25(34-35(26)4-2)28-9-6-10-38-28/h5-13,15-16,24,27,32,36H,3-4,14,17-18H2,1-2H3,(H,33,37)/t24-,27+/m1/s1. The number of amides is 1. The van der Waals surface area contributed by atoms with Crippen molar-refractivity contribution in [3.63, 3.8) is 0 Å². The van der Waals surface area contributed by atoms with Crippen molar-refractivity contribution in [2.75, 3.05) is 6.54 Å². The van der Waals surface area contributed by atoms with Crippen LogP contribution in [0, 0.1) is 11.6 Å². The monoisotopic (exact) mass is 538 g/mol. The number of nitrogens with zero attached hydrogens (tertiary/aromatic N) is 2. The first kappa shape index (κ1) is 27.6. The Morgan fingerprint density at radius 1 is 1.03 bits per heavy atom. The number of hydrogen-bond donors (Lipinski definition) is 3. The van der Waals surface area contributed by atoms with Crippen LogP contribution in [0.3, 0.4) is 0 Å². The quantitative estimate of drug-likeness (QED) is 0.238. The number of aliphatic hydroxyl groups excluding tert-OH is 1. The van der Waals surface area contributed by atoms with Crippen LogP contribution in [0.1, 0.15) is 41.0 Å². The molecule has 0 aliphatic carbocycles. The van der Waals surface area contributed by atoms with Gasteiger partial charge in [-0.15, -0.1) is 11.3 Å². The minimum Gasteiger partial charge on any atom is -0.390 e. The summed E-state index contributed by atoms with van der Waals surface area (Å²) in [5.41, 5.74) is 3.68. The van der Waals surface area contributed by atoms with E-state index in [0.717, 1.165) is 22.9 Å². The van der Waals surface area contributed by atoms with Crippen LogP contribution >= 0.6 is 11.3 Å². The van der Waals surface area contributed by atoms with E-state index in [1.807, 2.05) is 36.6 Å². The van der Waals surface area contributed by atoms with Gasteiger partial charge in [-0.3, -0.25) is 9.48 Å². The zero-order valence-corrected chi connectivity index (χ0v) is 22.3. The van der Waals surface area contributed by atoms with E-state index in [4.69, 9.17) is 0 Å². The van der Waals surface area contributed by atoms with Crippen molar-refractivity contribution in [3.05, 3.63) is 100 Å². The molecule has 4 aromatic rings. The van der Waals surface area contributed by atoms with Gasteiger partial charge in [0.05, 0.1) is 17.0 Å². The maximum absolute atomic E-state index is 13.9. The lowest BCUT2D eigenvalue weighted by Gasteiger charge is -2.25. The normalized spacial score (nSPS) is 12.9. The summed E-state index contributed by atoms with van der Waals surface area (Å²) in [6, 6.07) is 16.2. The highest BCUT2D eigenvalue weighted by Gasteiger charge is 2.25. The van der Waals surface area contributed by atoms with E-state index in [-0.39, 0.29) is 13.0 Å². The van der Waals surface area contributed by atoms with Crippen LogP contribution in [0.2, 0.25) is 0 Å². The number of aromatic nitrogens is 2. The minimum atomic E-state index is -1.02. The number of carbonyl (C=O) groups excluding carboxylic acids is 1. The van der Waals surface area contributed by atoms with Gasteiger partial charge >= 0.3 is 0 Å². The molecule has 3 N–H and O–H groups in total. The molecule has 2 aromatic heterocycles. The summed E-state index contributed by atoms with van der Waals surface area (Å²) >= 11 is 1.53. The van der Waals surface area contributed by atoms with Crippen molar-refractivity contribution >= 4 is 17.2 Å². The summed E-state index contributed by atoms with van der Waals surface area (Å²) < 4.78 is 29.4. The van der Waals surface area contributed by atoms with Gasteiger partial charge in [0.25, 0.3) is 5.91 Å². The number of nitrogens with one attached hydrogen (secondary N) is 2. The molecular weight excluding hydrogens is 506 g/mol. The topological polar surface area (TPSA) is 79.2 Å². The third-order valence-corrected chi connectivity index (χ3v) is 7.22. The fourth-order valence-electron chi connectivity index (χ4n) is 4.36. The molecule has 200 valence electrons. The number of carbonyl (C=O) groups is 1. The molecule has 2 atom stereocenters. The van der Waals surface area contributed by atoms with Crippen LogP contribution in [0.4, 0.5) is 8.78 Å². The van der Waals surface area contributed by atoms with Crippen molar-refractivity contribution in [2.24, 2.45) is 0 Å². The first-order valence-corrected chi connectivity index (χ1v) is 13.6. The minimum absolute atomic E-state index is 0.0482. The number of rotatable bonds is 12. The number of benzene rings is 2. The van der Waals surface area contributed by atoms with Gasteiger partial charge in [-0.05, 0) is 66.1 Å². The number of aliphatic hydroxyl groups is 1. The van der Waals surface area contributed by atoms with Crippen LogP contribution in [0.25, 0.3) is 10.6 Å². The third-order valence-electron chi connectivity index (χ3n) is 6.33. The highest BCUT2D eigenvalue weighted by Crippen LogP contribution is 2.24. The van der Waals surface area contributed by atoms with E-state index in [1.54, 1.807) is 10.7 Å². The van der Waals surface area contributed by atoms with Gasteiger partial charge in [0.2, 0.25) is 0 Å². The Hall–Kier alpha value is -3.40. The summed E-state index contributed by atoms with van der Waals surface area (Å²) in [4.78, 5) is 14.3. The number of halogens is 2. The first-order valence-electron chi connectivity index (χ1n) is 12.7. The molecule has 2 heterocycles. The highest BCUT2D eigenvalue weighted by molar-refractivity contribution is 7.13. The molecule has 0 saturated heterocycles. The van der Waals surface area contributed by atoms with Gasteiger partial charge in [0.1, 0.15) is 23.0 Å². The van der Waals surface area contributed by atoms with Crippen molar-refractivity contribution in [3.8, 4) is 10.6 Å². The maximum atomic E-state index is 13.9. The smallest absolute Gasteiger partial charge is 0.269 e. The third kappa shape index (κ3) is 7.12. The van der Waals surface area contributed by atoms with Crippen molar-refractivity contribution in [1.82, 2.24) is 20.4 Å². The Morgan fingerprint density at radius 2 is 1.79 bits per heavy atom. The second kappa shape index (κ2) is 12.9. The summed E-state index contributed by atoms with van der Waals surface area (Å²) in [6.45, 7) is 5.17. The zero-order chi connectivity index (χ0) is 27.1. The van der Waals surface area contributed by atoms with Gasteiger partial charge in [-0.2, -0.15) is 5.10 Å². The lowest BCUT2D eigenvalue weighted by molar-refractivity contribution is 0.0820. The summed E-state index contributed by atoms with van der Waals surface area (Å²) in [5.74, 6) is -1.84. The molecule has 0 fully saturated rings. The van der Waals surface area contributed by atoms with Gasteiger partial charge < -0.3 is 15.7 Å². The fraction of sp³-hybridized carbons (Fsp3) is 0.310. The van der Waals surface area contributed by atoms with Crippen LogP contribution < -0.4 is 10.6 Å². The molecule has 0 saturated carbocycles. The van der Waals surface area contributed by atoms with E-state index in [9.17, 15) is 18.7 Å². The molecule has 0 aliphatic heterocycles. The number of hydrogen-bond acceptors (Lipinski definition) is 5.